The van der Waals surface area contributed by atoms with Crippen molar-refractivity contribution in [3.63, 3.8) is 0 Å². The number of aromatic carboxylic acids is 1. The third kappa shape index (κ3) is 3.24. The maximum atomic E-state index is 11.3. The van der Waals surface area contributed by atoms with Gasteiger partial charge in [-0.15, -0.1) is 6.42 Å². The molecule has 0 spiro atoms. The molecule has 0 aliphatic heterocycles. The lowest BCUT2D eigenvalue weighted by atomic mass is 10.1. The van der Waals surface area contributed by atoms with Gasteiger partial charge in [-0.25, -0.2) is 9.59 Å². The van der Waals surface area contributed by atoms with E-state index in [-0.39, 0.29) is 23.5 Å². The van der Waals surface area contributed by atoms with E-state index in [2.05, 4.69) is 10.7 Å². The number of carboxylic acids is 1. The Morgan fingerprint density at radius 1 is 1.35 bits per heavy atom. The summed E-state index contributed by atoms with van der Waals surface area (Å²) in [4.78, 5) is 22.1. The van der Waals surface area contributed by atoms with Gasteiger partial charge < -0.3 is 14.6 Å². The molecule has 1 N–H and O–H groups in total. The summed E-state index contributed by atoms with van der Waals surface area (Å²) in [5.74, 6) is 0.647. The Bertz CT molecular complexity index is 484. The van der Waals surface area contributed by atoms with Crippen molar-refractivity contribution in [2.24, 2.45) is 0 Å². The van der Waals surface area contributed by atoms with Crippen molar-refractivity contribution in [2.45, 2.75) is 0 Å². The van der Waals surface area contributed by atoms with E-state index in [0.717, 1.165) is 0 Å². The van der Waals surface area contributed by atoms with Gasteiger partial charge in [0.05, 0.1) is 18.2 Å². The fourth-order valence-corrected chi connectivity index (χ4v) is 1.17. The molecule has 0 saturated heterocycles. The summed E-state index contributed by atoms with van der Waals surface area (Å²) >= 11 is 0. The molecule has 88 valence electrons. The van der Waals surface area contributed by atoms with Gasteiger partial charge in [-0.1, -0.05) is 5.92 Å². The van der Waals surface area contributed by atoms with E-state index < -0.39 is 11.9 Å². The summed E-state index contributed by atoms with van der Waals surface area (Å²) in [6.07, 6.45) is 5.02. The van der Waals surface area contributed by atoms with Gasteiger partial charge in [0.1, 0.15) is 12.4 Å². The van der Waals surface area contributed by atoms with Crippen LogP contribution >= 0.6 is 0 Å². The molecule has 0 aliphatic carbocycles. The van der Waals surface area contributed by atoms with Crippen LogP contribution in [0.4, 0.5) is 0 Å². The summed E-state index contributed by atoms with van der Waals surface area (Å²) < 4.78 is 9.58. The number of rotatable bonds is 4. The zero-order valence-corrected chi connectivity index (χ0v) is 9.10. The quantitative estimate of drug-likeness (QED) is 0.625. The highest BCUT2D eigenvalue weighted by molar-refractivity contribution is 5.95. The van der Waals surface area contributed by atoms with E-state index in [1.807, 2.05) is 0 Å². The van der Waals surface area contributed by atoms with Crippen LogP contribution in [0, 0.1) is 12.3 Å². The number of carboxylic acid groups (broad SMARTS) is 1. The van der Waals surface area contributed by atoms with Crippen molar-refractivity contribution in [2.75, 3.05) is 13.7 Å². The van der Waals surface area contributed by atoms with Crippen LogP contribution in [0.25, 0.3) is 0 Å². The summed E-state index contributed by atoms with van der Waals surface area (Å²) in [5, 5.41) is 8.87. The summed E-state index contributed by atoms with van der Waals surface area (Å²) in [6.45, 7) is -0.0102. The molecule has 1 aromatic carbocycles. The fourth-order valence-electron chi connectivity index (χ4n) is 1.17. The van der Waals surface area contributed by atoms with E-state index in [1.54, 1.807) is 0 Å². The Morgan fingerprint density at radius 3 is 2.53 bits per heavy atom. The van der Waals surface area contributed by atoms with Gasteiger partial charge in [-0.05, 0) is 18.2 Å². The number of methoxy groups -OCH3 is 1. The average molecular weight is 234 g/mol. The van der Waals surface area contributed by atoms with Gasteiger partial charge in [0.2, 0.25) is 0 Å². The SMILES string of the molecule is C#CCOc1cc(C(=O)O)cc(C(=O)OC)c1. The first-order valence-corrected chi connectivity index (χ1v) is 4.61. The molecule has 0 atom stereocenters. The first-order valence-electron chi connectivity index (χ1n) is 4.61. The van der Waals surface area contributed by atoms with Crippen LogP contribution in [0.15, 0.2) is 18.2 Å². The zero-order valence-electron chi connectivity index (χ0n) is 9.10. The first-order chi connectivity index (χ1) is 8.08. The lowest BCUT2D eigenvalue weighted by Gasteiger charge is -2.06. The Kier molecular flexibility index (Phi) is 4.12. The van der Waals surface area contributed by atoms with Crippen LogP contribution in [-0.4, -0.2) is 30.8 Å². The van der Waals surface area contributed by atoms with Gasteiger partial charge in [0, 0.05) is 0 Å². The van der Waals surface area contributed by atoms with Gasteiger partial charge in [0.15, 0.2) is 0 Å². The minimum Gasteiger partial charge on any atom is -0.481 e. The molecule has 0 aromatic heterocycles. The van der Waals surface area contributed by atoms with Crippen LogP contribution in [0.2, 0.25) is 0 Å². The van der Waals surface area contributed by atoms with E-state index >= 15 is 0 Å². The molecule has 0 unspecified atom stereocenters. The van der Waals surface area contributed by atoms with Crippen LogP contribution in [0.3, 0.4) is 0 Å². The predicted molar refractivity (Wildman–Crippen MR) is 59.1 cm³/mol. The zero-order chi connectivity index (χ0) is 12.8. The number of benzene rings is 1. The van der Waals surface area contributed by atoms with E-state index in [4.69, 9.17) is 16.3 Å². The molecule has 0 saturated carbocycles. The molecule has 5 heteroatoms. The van der Waals surface area contributed by atoms with E-state index in [0.29, 0.717) is 0 Å². The normalized spacial score (nSPS) is 9.18. The molecule has 0 aliphatic rings. The van der Waals surface area contributed by atoms with Crippen molar-refractivity contribution in [1.29, 1.82) is 0 Å². The number of carbonyl (C=O) groups excluding carboxylic acids is 1. The second-order valence-electron chi connectivity index (χ2n) is 3.04. The topological polar surface area (TPSA) is 72.8 Å². The predicted octanol–water partition coefficient (Wildman–Crippen LogP) is 1.18. The van der Waals surface area contributed by atoms with Gasteiger partial charge >= 0.3 is 11.9 Å². The minimum absolute atomic E-state index is 0.0102. The van der Waals surface area contributed by atoms with Crippen molar-refractivity contribution in [1.82, 2.24) is 0 Å². The maximum absolute atomic E-state index is 11.3. The van der Waals surface area contributed by atoms with Crippen LogP contribution in [0.5, 0.6) is 5.75 Å². The van der Waals surface area contributed by atoms with Crippen molar-refractivity contribution in [3.05, 3.63) is 29.3 Å². The van der Waals surface area contributed by atoms with Gasteiger partial charge in [-0.2, -0.15) is 0 Å². The number of terminal acetylenes is 1. The fraction of sp³-hybridized carbons (Fsp3) is 0.167. The third-order valence-corrected chi connectivity index (χ3v) is 1.90. The van der Waals surface area contributed by atoms with Gasteiger partial charge in [-0.3, -0.25) is 0 Å². The Balaban J connectivity index is 3.14. The lowest BCUT2D eigenvalue weighted by molar-refractivity contribution is 0.0600. The Labute approximate surface area is 98.0 Å². The van der Waals surface area contributed by atoms with Crippen LogP contribution < -0.4 is 4.74 Å². The third-order valence-electron chi connectivity index (χ3n) is 1.90. The number of esters is 1. The molecule has 0 radical (unpaired) electrons. The molecule has 17 heavy (non-hydrogen) atoms. The van der Waals surface area contributed by atoms with Crippen LogP contribution in [-0.2, 0) is 4.74 Å². The second-order valence-corrected chi connectivity index (χ2v) is 3.04. The molecule has 0 amide bonds. The van der Waals surface area contributed by atoms with Crippen molar-refractivity contribution in [3.8, 4) is 18.1 Å². The minimum atomic E-state index is -1.17. The number of hydrogen-bond donors (Lipinski definition) is 1. The van der Waals surface area contributed by atoms with E-state index in [1.165, 1.54) is 25.3 Å². The number of ether oxygens (including phenoxy) is 2. The summed E-state index contributed by atoms with van der Waals surface area (Å²) in [5.41, 5.74) is 0.0272. The average Bonchev–Trinajstić information content (AvgIpc) is 2.34. The van der Waals surface area contributed by atoms with Gasteiger partial charge in [0.25, 0.3) is 0 Å². The molecule has 1 aromatic rings. The second kappa shape index (κ2) is 5.56. The van der Waals surface area contributed by atoms with Crippen molar-refractivity contribution < 1.29 is 24.2 Å². The molecule has 0 fully saturated rings. The molecule has 0 bridgehead atoms. The van der Waals surface area contributed by atoms with Crippen molar-refractivity contribution >= 4 is 11.9 Å². The van der Waals surface area contributed by atoms with Crippen LogP contribution in [0.1, 0.15) is 20.7 Å². The highest BCUT2D eigenvalue weighted by atomic mass is 16.5. The molecular weight excluding hydrogens is 224 g/mol. The smallest absolute Gasteiger partial charge is 0.338 e. The molecule has 0 heterocycles. The first kappa shape index (κ1) is 12.6. The Morgan fingerprint density at radius 2 is 2.00 bits per heavy atom. The Hall–Kier alpha value is -2.48. The van der Waals surface area contributed by atoms with E-state index in [9.17, 15) is 9.59 Å². The summed E-state index contributed by atoms with van der Waals surface area (Å²) in [7, 11) is 1.21. The number of hydrogen-bond acceptors (Lipinski definition) is 4. The molecule has 5 nitrogen and oxygen atoms in total. The molecule has 1 rings (SSSR count). The monoisotopic (exact) mass is 234 g/mol. The lowest BCUT2D eigenvalue weighted by Crippen LogP contribution is -2.06. The standard InChI is InChI=1S/C12H10O5/c1-3-4-17-10-6-8(11(13)14)5-9(7-10)12(15)16-2/h1,5-7H,4H2,2H3,(H,13,14). The largest absolute Gasteiger partial charge is 0.481 e. The number of carbonyl (C=O) groups is 2. The maximum Gasteiger partial charge on any atom is 0.338 e. The molecular formula is C12H10O5. The summed E-state index contributed by atoms with van der Waals surface area (Å²) in [6, 6.07) is 3.86. The highest BCUT2D eigenvalue weighted by Crippen LogP contribution is 2.18. The highest BCUT2D eigenvalue weighted by Gasteiger charge is 2.13.